The van der Waals surface area contributed by atoms with Crippen molar-refractivity contribution in [2.45, 2.75) is 45.7 Å². The predicted molar refractivity (Wildman–Crippen MR) is 141 cm³/mol. The van der Waals surface area contributed by atoms with Gasteiger partial charge in [-0.15, -0.1) is 0 Å². The molecule has 0 unspecified atom stereocenters. The zero-order valence-corrected chi connectivity index (χ0v) is 21.1. The van der Waals surface area contributed by atoms with E-state index in [1.54, 1.807) is 17.0 Å². The summed E-state index contributed by atoms with van der Waals surface area (Å²) < 4.78 is 5.82. The number of hydrogen-bond acceptors (Lipinski definition) is 3. The average molecular weight is 493 g/mol. The number of carbonyl (C=O) groups is 2. The van der Waals surface area contributed by atoms with Gasteiger partial charge in [-0.1, -0.05) is 79.5 Å². The summed E-state index contributed by atoms with van der Waals surface area (Å²) in [7, 11) is 0. The fraction of sp³-hybridized carbons (Fsp3) is 0.310. The van der Waals surface area contributed by atoms with Crippen LogP contribution in [0.3, 0.4) is 0 Å². The van der Waals surface area contributed by atoms with Crippen molar-refractivity contribution < 1.29 is 14.3 Å². The molecule has 3 aromatic rings. The third-order valence-corrected chi connectivity index (χ3v) is 5.97. The fourth-order valence-corrected chi connectivity index (χ4v) is 3.91. The Labute approximate surface area is 213 Å². The van der Waals surface area contributed by atoms with Crippen molar-refractivity contribution in [2.75, 3.05) is 13.2 Å². The summed E-state index contributed by atoms with van der Waals surface area (Å²) in [6.07, 6.45) is 2.26. The standard InChI is InChI=1S/C29H33ClN2O3/c1-3-4-17-31-29(34)27(19-23-10-6-5-7-11-23)32(20-24-13-15-25(30)16-14-24)28(33)21-35-26-12-8-9-22(2)18-26/h5-16,18,27H,3-4,17,19-21H2,1-2H3,(H,31,34)/t27-/m0/s1. The van der Waals surface area contributed by atoms with Crippen molar-refractivity contribution in [1.29, 1.82) is 0 Å². The summed E-state index contributed by atoms with van der Waals surface area (Å²) in [6, 6.07) is 24.0. The van der Waals surface area contributed by atoms with Gasteiger partial charge in [0.15, 0.2) is 6.61 Å². The quantitative estimate of drug-likeness (QED) is 0.335. The van der Waals surface area contributed by atoms with Gasteiger partial charge in [0.05, 0.1) is 0 Å². The molecule has 0 aromatic heterocycles. The van der Waals surface area contributed by atoms with E-state index in [1.165, 1.54) is 0 Å². The highest BCUT2D eigenvalue weighted by Gasteiger charge is 2.30. The molecule has 0 radical (unpaired) electrons. The molecular formula is C29H33ClN2O3. The Kier molecular flexibility index (Phi) is 10.2. The second-order valence-electron chi connectivity index (χ2n) is 8.60. The number of benzene rings is 3. The third-order valence-electron chi connectivity index (χ3n) is 5.72. The Hall–Kier alpha value is -3.31. The first-order chi connectivity index (χ1) is 17.0. The van der Waals surface area contributed by atoms with E-state index in [-0.39, 0.29) is 25.0 Å². The van der Waals surface area contributed by atoms with Crippen LogP contribution in [0.4, 0.5) is 0 Å². The van der Waals surface area contributed by atoms with E-state index in [2.05, 4.69) is 12.2 Å². The highest BCUT2D eigenvalue weighted by molar-refractivity contribution is 6.30. The van der Waals surface area contributed by atoms with Gasteiger partial charge in [0.25, 0.3) is 5.91 Å². The van der Waals surface area contributed by atoms with Crippen LogP contribution in [0.1, 0.15) is 36.5 Å². The Morgan fingerprint density at radius 3 is 2.40 bits per heavy atom. The van der Waals surface area contributed by atoms with E-state index in [0.29, 0.717) is 23.7 Å². The van der Waals surface area contributed by atoms with Gasteiger partial charge >= 0.3 is 0 Å². The molecule has 6 heteroatoms. The Morgan fingerprint density at radius 2 is 1.71 bits per heavy atom. The summed E-state index contributed by atoms with van der Waals surface area (Å²) in [4.78, 5) is 28.5. The lowest BCUT2D eigenvalue weighted by Gasteiger charge is -2.31. The average Bonchev–Trinajstić information content (AvgIpc) is 2.86. The monoisotopic (exact) mass is 492 g/mol. The summed E-state index contributed by atoms with van der Waals surface area (Å²) in [6.45, 7) is 4.73. The molecule has 0 fully saturated rings. The lowest BCUT2D eigenvalue weighted by atomic mass is 10.0. The van der Waals surface area contributed by atoms with Crippen LogP contribution in [0.15, 0.2) is 78.9 Å². The molecule has 0 heterocycles. The van der Waals surface area contributed by atoms with E-state index < -0.39 is 6.04 Å². The summed E-state index contributed by atoms with van der Waals surface area (Å²) in [5.74, 6) is 0.199. The molecule has 3 rings (SSSR count). The molecule has 0 spiro atoms. The van der Waals surface area contributed by atoms with Gasteiger partial charge in [-0.2, -0.15) is 0 Å². The van der Waals surface area contributed by atoms with Crippen molar-refractivity contribution in [3.63, 3.8) is 0 Å². The van der Waals surface area contributed by atoms with Crippen molar-refractivity contribution in [3.8, 4) is 5.75 Å². The van der Waals surface area contributed by atoms with Crippen molar-refractivity contribution in [3.05, 3.63) is 101 Å². The number of ether oxygens (including phenoxy) is 1. The number of nitrogens with one attached hydrogen (secondary N) is 1. The molecule has 0 saturated heterocycles. The molecule has 0 aliphatic rings. The molecule has 0 aliphatic carbocycles. The number of nitrogens with zero attached hydrogens (tertiary/aromatic N) is 1. The molecule has 2 amide bonds. The van der Waals surface area contributed by atoms with Crippen LogP contribution < -0.4 is 10.1 Å². The molecule has 0 saturated carbocycles. The van der Waals surface area contributed by atoms with Crippen LogP contribution in [-0.2, 0) is 22.6 Å². The topological polar surface area (TPSA) is 58.6 Å². The normalized spacial score (nSPS) is 11.5. The molecule has 1 N–H and O–H groups in total. The largest absolute Gasteiger partial charge is 0.484 e. The number of halogens is 1. The van der Waals surface area contributed by atoms with Gasteiger partial charge in [-0.3, -0.25) is 9.59 Å². The van der Waals surface area contributed by atoms with Crippen LogP contribution in [-0.4, -0.2) is 35.9 Å². The van der Waals surface area contributed by atoms with Crippen LogP contribution in [0, 0.1) is 6.92 Å². The van der Waals surface area contributed by atoms with E-state index in [9.17, 15) is 9.59 Å². The maximum atomic E-state index is 13.5. The number of unbranched alkanes of at least 4 members (excludes halogenated alkanes) is 1. The minimum Gasteiger partial charge on any atom is -0.484 e. The number of amides is 2. The summed E-state index contributed by atoms with van der Waals surface area (Å²) in [5.41, 5.74) is 2.92. The van der Waals surface area contributed by atoms with Crippen LogP contribution in [0.2, 0.25) is 5.02 Å². The van der Waals surface area contributed by atoms with Gasteiger partial charge in [-0.25, -0.2) is 0 Å². The van der Waals surface area contributed by atoms with Crippen molar-refractivity contribution in [2.24, 2.45) is 0 Å². The van der Waals surface area contributed by atoms with Gasteiger partial charge in [0.2, 0.25) is 5.91 Å². The number of carbonyl (C=O) groups excluding carboxylic acids is 2. The van der Waals surface area contributed by atoms with Crippen LogP contribution >= 0.6 is 11.6 Å². The fourth-order valence-electron chi connectivity index (χ4n) is 3.78. The predicted octanol–water partition coefficient (Wildman–Crippen LogP) is 5.58. The van der Waals surface area contributed by atoms with Crippen molar-refractivity contribution in [1.82, 2.24) is 10.2 Å². The molecule has 0 aliphatic heterocycles. The molecule has 5 nitrogen and oxygen atoms in total. The first kappa shape index (κ1) is 26.3. The molecule has 35 heavy (non-hydrogen) atoms. The molecular weight excluding hydrogens is 460 g/mol. The smallest absolute Gasteiger partial charge is 0.261 e. The van der Waals surface area contributed by atoms with Gasteiger partial charge < -0.3 is 15.0 Å². The van der Waals surface area contributed by atoms with E-state index in [1.807, 2.05) is 73.7 Å². The summed E-state index contributed by atoms with van der Waals surface area (Å²) >= 11 is 6.07. The second kappa shape index (κ2) is 13.5. The molecule has 3 aromatic carbocycles. The minimum absolute atomic E-state index is 0.162. The molecule has 184 valence electrons. The maximum Gasteiger partial charge on any atom is 0.261 e. The van der Waals surface area contributed by atoms with Crippen LogP contribution in [0.25, 0.3) is 0 Å². The zero-order chi connectivity index (χ0) is 25.0. The third kappa shape index (κ3) is 8.45. The number of rotatable bonds is 12. The lowest BCUT2D eigenvalue weighted by Crippen LogP contribution is -2.51. The minimum atomic E-state index is -0.682. The van der Waals surface area contributed by atoms with Crippen LogP contribution in [0.5, 0.6) is 5.75 Å². The van der Waals surface area contributed by atoms with Gasteiger partial charge in [0, 0.05) is 24.5 Å². The van der Waals surface area contributed by atoms with Gasteiger partial charge in [-0.05, 0) is 54.3 Å². The molecule has 0 bridgehead atoms. The SMILES string of the molecule is CCCCNC(=O)[C@H](Cc1ccccc1)N(Cc1ccc(Cl)cc1)C(=O)COc1cccc(C)c1. The molecule has 1 atom stereocenters. The first-order valence-electron chi connectivity index (χ1n) is 12.0. The Balaban J connectivity index is 1.87. The zero-order valence-electron chi connectivity index (χ0n) is 20.4. The number of aryl methyl sites for hydroxylation is 1. The maximum absolute atomic E-state index is 13.5. The van der Waals surface area contributed by atoms with E-state index in [4.69, 9.17) is 16.3 Å². The lowest BCUT2D eigenvalue weighted by molar-refractivity contribution is -0.142. The summed E-state index contributed by atoms with van der Waals surface area (Å²) in [5, 5.41) is 3.64. The Morgan fingerprint density at radius 1 is 0.971 bits per heavy atom. The van der Waals surface area contributed by atoms with E-state index in [0.717, 1.165) is 29.5 Å². The van der Waals surface area contributed by atoms with Crippen molar-refractivity contribution >= 4 is 23.4 Å². The Bertz CT molecular complexity index is 1090. The highest BCUT2D eigenvalue weighted by Crippen LogP contribution is 2.18. The highest BCUT2D eigenvalue weighted by atomic mass is 35.5. The second-order valence-corrected chi connectivity index (χ2v) is 9.04. The van der Waals surface area contributed by atoms with E-state index >= 15 is 0 Å². The number of hydrogen-bond donors (Lipinski definition) is 1. The van der Waals surface area contributed by atoms with Gasteiger partial charge in [0.1, 0.15) is 11.8 Å². The first-order valence-corrected chi connectivity index (χ1v) is 12.4.